The second kappa shape index (κ2) is 6.64. The van der Waals surface area contributed by atoms with Crippen LogP contribution in [-0.2, 0) is 10.0 Å². The van der Waals surface area contributed by atoms with Gasteiger partial charge in [-0.3, -0.25) is 0 Å². The molecule has 6 nitrogen and oxygen atoms in total. The average Bonchev–Trinajstić information content (AvgIpc) is 2.96. The molecular formula is C14H22N2O4S. The third-order valence-corrected chi connectivity index (χ3v) is 5.62. The van der Waals surface area contributed by atoms with Crippen LogP contribution in [0.3, 0.4) is 0 Å². The summed E-state index contributed by atoms with van der Waals surface area (Å²) in [5.41, 5.74) is 0. The summed E-state index contributed by atoms with van der Waals surface area (Å²) in [7, 11) is 1.30. The summed E-state index contributed by atoms with van der Waals surface area (Å²) < 4.78 is 37.6. The highest BCUT2D eigenvalue weighted by Crippen LogP contribution is 2.31. The van der Waals surface area contributed by atoms with Gasteiger partial charge in [-0.1, -0.05) is 0 Å². The van der Waals surface area contributed by atoms with E-state index < -0.39 is 10.0 Å². The Kier molecular flexibility index (Phi) is 5.08. The fraction of sp³-hybridized carbons (Fsp3) is 0.571. The van der Waals surface area contributed by atoms with Gasteiger partial charge in [-0.25, -0.2) is 8.42 Å². The quantitative estimate of drug-likeness (QED) is 0.851. The summed E-state index contributed by atoms with van der Waals surface area (Å²) in [4.78, 5) is 0.210. The highest BCUT2D eigenvalue weighted by atomic mass is 32.2. The lowest BCUT2D eigenvalue weighted by molar-refractivity contribution is 0.375. The maximum Gasteiger partial charge on any atom is 0.243 e. The van der Waals surface area contributed by atoms with Crippen LogP contribution in [0.4, 0.5) is 0 Å². The first kappa shape index (κ1) is 16.1. The Balaban J connectivity index is 2.39. The molecule has 118 valence electrons. The number of ether oxygens (including phenoxy) is 2. The standard InChI is InChI=1S/C14H22N2O4S/c1-15-10-11-5-4-6-16(11)21(17,18)14-8-12(19-2)7-13(9-14)20-3/h7-9,11,15H,4-6,10H2,1-3H3. The molecule has 1 fully saturated rings. The number of methoxy groups -OCH3 is 2. The molecule has 1 heterocycles. The van der Waals surface area contributed by atoms with Crippen LogP contribution in [0.25, 0.3) is 0 Å². The Bertz CT molecular complexity index is 566. The molecule has 0 aromatic heterocycles. The van der Waals surface area contributed by atoms with E-state index in [-0.39, 0.29) is 10.9 Å². The van der Waals surface area contributed by atoms with E-state index in [0.717, 1.165) is 12.8 Å². The first-order valence-electron chi connectivity index (χ1n) is 6.92. The lowest BCUT2D eigenvalue weighted by Crippen LogP contribution is -2.40. The number of rotatable bonds is 6. The molecule has 1 aromatic rings. The molecule has 0 saturated carbocycles. The fourth-order valence-electron chi connectivity index (χ4n) is 2.63. The minimum absolute atomic E-state index is 0.00260. The van der Waals surface area contributed by atoms with Crippen LogP contribution in [0.2, 0.25) is 0 Å². The van der Waals surface area contributed by atoms with Gasteiger partial charge < -0.3 is 14.8 Å². The predicted molar refractivity (Wildman–Crippen MR) is 80.4 cm³/mol. The van der Waals surface area contributed by atoms with Gasteiger partial charge in [0.25, 0.3) is 0 Å². The minimum atomic E-state index is -3.54. The predicted octanol–water partition coefficient (Wildman–Crippen LogP) is 1.08. The van der Waals surface area contributed by atoms with Crippen LogP contribution in [0.15, 0.2) is 23.1 Å². The van der Waals surface area contributed by atoms with Gasteiger partial charge in [0.1, 0.15) is 11.5 Å². The Hall–Kier alpha value is -1.31. The van der Waals surface area contributed by atoms with Crippen molar-refractivity contribution in [2.24, 2.45) is 0 Å². The van der Waals surface area contributed by atoms with Crippen molar-refractivity contribution >= 4 is 10.0 Å². The van der Waals surface area contributed by atoms with E-state index in [1.54, 1.807) is 10.4 Å². The molecule has 2 rings (SSSR count). The molecular weight excluding hydrogens is 292 g/mol. The topological polar surface area (TPSA) is 67.9 Å². The first-order valence-corrected chi connectivity index (χ1v) is 8.36. The lowest BCUT2D eigenvalue weighted by atomic mass is 10.2. The molecule has 0 bridgehead atoms. The molecule has 1 aliphatic rings. The molecule has 1 unspecified atom stereocenters. The summed E-state index contributed by atoms with van der Waals surface area (Å²) in [6, 6.07) is 4.73. The molecule has 0 amide bonds. The van der Waals surface area contributed by atoms with Crippen LogP contribution in [0.1, 0.15) is 12.8 Å². The van der Waals surface area contributed by atoms with Crippen molar-refractivity contribution < 1.29 is 17.9 Å². The van der Waals surface area contributed by atoms with Gasteiger partial charge in [-0.05, 0) is 19.9 Å². The van der Waals surface area contributed by atoms with E-state index in [2.05, 4.69) is 5.32 Å². The smallest absolute Gasteiger partial charge is 0.243 e. The van der Waals surface area contributed by atoms with Crippen molar-refractivity contribution in [2.75, 3.05) is 34.4 Å². The third kappa shape index (κ3) is 3.30. The van der Waals surface area contributed by atoms with E-state index in [0.29, 0.717) is 24.6 Å². The molecule has 1 N–H and O–H groups in total. The van der Waals surface area contributed by atoms with Gasteiger partial charge in [0.2, 0.25) is 10.0 Å². The maximum absolute atomic E-state index is 12.8. The Morgan fingerprint density at radius 2 is 1.86 bits per heavy atom. The van der Waals surface area contributed by atoms with E-state index in [1.807, 2.05) is 7.05 Å². The summed E-state index contributed by atoms with van der Waals surface area (Å²) in [5, 5.41) is 3.05. The van der Waals surface area contributed by atoms with Gasteiger partial charge in [0, 0.05) is 37.3 Å². The van der Waals surface area contributed by atoms with Gasteiger partial charge in [0.05, 0.1) is 19.1 Å². The monoisotopic (exact) mass is 314 g/mol. The lowest BCUT2D eigenvalue weighted by Gasteiger charge is -2.24. The van der Waals surface area contributed by atoms with Gasteiger partial charge in [-0.15, -0.1) is 0 Å². The summed E-state index contributed by atoms with van der Waals surface area (Å²) in [6.45, 7) is 1.20. The number of sulfonamides is 1. The molecule has 1 atom stereocenters. The normalized spacial score (nSPS) is 19.7. The summed E-state index contributed by atoms with van der Waals surface area (Å²) >= 11 is 0. The van der Waals surface area contributed by atoms with Crippen LogP contribution >= 0.6 is 0 Å². The van der Waals surface area contributed by atoms with Gasteiger partial charge >= 0.3 is 0 Å². The molecule has 7 heteroatoms. The highest BCUT2D eigenvalue weighted by molar-refractivity contribution is 7.89. The number of hydrogen-bond acceptors (Lipinski definition) is 5. The minimum Gasteiger partial charge on any atom is -0.497 e. The Labute approximate surface area is 126 Å². The molecule has 1 saturated heterocycles. The zero-order chi connectivity index (χ0) is 15.5. The molecule has 1 aromatic carbocycles. The van der Waals surface area contributed by atoms with E-state index >= 15 is 0 Å². The molecule has 1 aliphatic heterocycles. The van der Waals surface area contributed by atoms with Gasteiger partial charge in [0.15, 0.2) is 0 Å². The van der Waals surface area contributed by atoms with Crippen LogP contribution in [-0.4, -0.2) is 53.1 Å². The number of nitrogens with zero attached hydrogens (tertiary/aromatic N) is 1. The number of benzene rings is 1. The summed E-state index contributed by atoms with van der Waals surface area (Å²) in [6.07, 6.45) is 1.76. The van der Waals surface area contributed by atoms with E-state index in [9.17, 15) is 8.42 Å². The van der Waals surface area contributed by atoms with Crippen molar-refractivity contribution in [3.05, 3.63) is 18.2 Å². The molecule has 21 heavy (non-hydrogen) atoms. The van der Waals surface area contributed by atoms with Gasteiger partial charge in [-0.2, -0.15) is 4.31 Å². The second-order valence-corrected chi connectivity index (χ2v) is 6.91. The molecule has 0 aliphatic carbocycles. The highest BCUT2D eigenvalue weighted by Gasteiger charge is 2.35. The van der Waals surface area contributed by atoms with Crippen molar-refractivity contribution in [3.8, 4) is 11.5 Å². The fourth-order valence-corrected chi connectivity index (χ4v) is 4.37. The summed E-state index contributed by atoms with van der Waals surface area (Å²) in [5.74, 6) is 0.939. The first-order chi connectivity index (χ1) is 10.0. The number of likely N-dealkylation sites (N-methyl/N-ethyl adjacent to an activating group) is 1. The number of nitrogens with one attached hydrogen (secondary N) is 1. The Morgan fingerprint density at radius 3 is 2.38 bits per heavy atom. The van der Waals surface area contributed by atoms with E-state index in [4.69, 9.17) is 9.47 Å². The van der Waals surface area contributed by atoms with Crippen molar-refractivity contribution in [1.29, 1.82) is 0 Å². The van der Waals surface area contributed by atoms with Crippen molar-refractivity contribution in [1.82, 2.24) is 9.62 Å². The SMILES string of the molecule is CNCC1CCCN1S(=O)(=O)c1cc(OC)cc(OC)c1. The number of hydrogen-bond donors (Lipinski definition) is 1. The van der Waals surface area contributed by atoms with Crippen LogP contribution in [0, 0.1) is 0 Å². The molecule has 0 spiro atoms. The zero-order valence-electron chi connectivity index (χ0n) is 12.6. The van der Waals surface area contributed by atoms with Crippen LogP contribution in [0.5, 0.6) is 11.5 Å². The molecule has 0 radical (unpaired) electrons. The average molecular weight is 314 g/mol. The van der Waals surface area contributed by atoms with Crippen molar-refractivity contribution in [3.63, 3.8) is 0 Å². The largest absolute Gasteiger partial charge is 0.497 e. The van der Waals surface area contributed by atoms with E-state index in [1.165, 1.54) is 26.4 Å². The van der Waals surface area contributed by atoms with Crippen LogP contribution < -0.4 is 14.8 Å². The Morgan fingerprint density at radius 1 is 1.24 bits per heavy atom. The second-order valence-electron chi connectivity index (χ2n) is 5.02. The third-order valence-electron chi connectivity index (χ3n) is 3.69. The maximum atomic E-state index is 12.8. The van der Waals surface area contributed by atoms with Crippen molar-refractivity contribution in [2.45, 2.75) is 23.8 Å². The zero-order valence-corrected chi connectivity index (χ0v) is 13.4.